The van der Waals surface area contributed by atoms with Gasteiger partial charge in [0.05, 0.1) is 11.4 Å². The number of carbonyl (C=O) groups is 1. The molecule has 0 aliphatic carbocycles. The maximum absolute atomic E-state index is 11.9. The van der Waals surface area contributed by atoms with Crippen molar-refractivity contribution in [2.45, 2.75) is 6.42 Å². The van der Waals surface area contributed by atoms with Crippen LogP contribution in [0.5, 0.6) is 0 Å². The Morgan fingerprint density at radius 1 is 1.45 bits per heavy atom. The molecule has 1 aliphatic rings. The van der Waals surface area contributed by atoms with Crippen LogP contribution in [-0.2, 0) is 10.0 Å². The van der Waals surface area contributed by atoms with E-state index in [9.17, 15) is 13.2 Å². The lowest BCUT2D eigenvalue weighted by Crippen LogP contribution is -2.27. The molecule has 5 nitrogen and oxygen atoms in total. The molecule has 20 heavy (non-hydrogen) atoms. The first kappa shape index (κ1) is 15.1. The van der Waals surface area contributed by atoms with E-state index in [1.807, 2.05) is 0 Å². The highest BCUT2D eigenvalue weighted by atomic mass is 79.9. The highest BCUT2D eigenvalue weighted by Crippen LogP contribution is 2.24. The Labute approximate surface area is 126 Å². The van der Waals surface area contributed by atoms with Crippen molar-refractivity contribution in [2.24, 2.45) is 0 Å². The van der Waals surface area contributed by atoms with Crippen LogP contribution in [0.15, 0.2) is 35.3 Å². The molecule has 0 unspecified atom stereocenters. The van der Waals surface area contributed by atoms with Gasteiger partial charge in [0.2, 0.25) is 10.0 Å². The maximum Gasteiger partial charge on any atom is 0.251 e. The Balaban J connectivity index is 2.20. The van der Waals surface area contributed by atoms with E-state index in [1.54, 1.807) is 24.3 Å². The molecule has 1 heterocycles. The summed E-state index contributed by atoms with van der Waals surface area (Å²) in [6, 6.07) is 6.62. The third-order valence-electron chi connectivity index (χ3n) is 2.94. The van der Waals surface area contributed by atoms with Crippen LogP contribution in [0.4, 0.5) is 5.69 Å². The highest BCUT2D eigenvalue weighted by molar-refractivity contribution is 9.11. The smallest absolute Gasteiger partial charge is 0.251 e. The number of hydrogen-bond donors (Lipinski definition) is 1. The van der Waals surface area contributed by atoms with E-state index < -0.39 is 10.0 Å². The molecule has 1 fully saturated rings. The second kappa shape index (κ2) is 5.97. The standard InChI is InChI=1S/C13H15BrN2O3S/c1-10(14)9-15-13(17)11-4-2-5-12(8-11)16-6-3-7-20(16,18)19/h2,4-5,8H,1,3,6-7,9H2,(H,15,17). The molecule has 1 aromatic rings. The molecule has 0 saturated carbocycles. The van der Waals surface area contributed by atoms with Gasteiger partial charge in [0.25, 0.3) is 5.91 Å². The molecule has 0 bridgehead atoms. The molecule has 1 aromatic carbocycles. The summed E-state index contributed by atoms with van der Waals surface area (Å²) >= 11 is 3.16. The number of rotatable bonds is 4. The van der Waals surface area contributed by atoms with E-state index in [4.69, 9.17) is 0 Å². The second-order valence-corrected chi connectivity index (χ2v) is 7.63. The van der Waals surface area contributed by atoms with Crippen molar-refractivity contribution in [1.29, 1.82) is 0 Å². The number of anilines is 1. The van der Waals surface area contributed by atoms with Crippen LogP contribution in [0.3, 0.4) is 0 Å². The molecular weight excluding hydrogens is 344 g/mol. The molecule has 1 N–H and O–H groups in total. The summed E-state index contributed by atoms with van der Waals surface area (Å²) in [6.07, 6.45) is 0.613. The monoisotopic (exact) mass is 358 g/mol. The third kappa shape index (κ3) is 3.40. The van der Waals surface area contributed by atoms with Gasteiger partial charge in [0.15, 0.2) is 0 Å². The molecule has 1 aliphatic heterocycles. The topological polar surface area (TPSA) is 66.5 Å². The lowest BCUT2D eigenvalue weighted by atomic mass is 10.2. The summed E-state index contributed by atoms with van der Waals surface area (Å²) in [5, 5.41) is 2.68. The van der Waals surface area contributed by atoms with Gasteiger partial charge >= 0.3 is 0 Å². The quantitative estimate of drug-likeness (QED) is 0.893. The predicted octanol–water partition coefficient (Wildman–Crippen LogP) is 1.86. The van der Waals surface area contributed by atoms with E-state index in [0.717, 1.165) is 0 Å². The largest absolute Gasteiger partial charge is 0.347 e. The van der Waals surface area contributed by atoms with Crippen molar-refractivity contribution in [3.63, 3.8) is 0 Å². The summed E-state index contributed by atoms with van der Waals surface area (Å²) in [7, 11) is -3.23. The normalized spacial score (nSPS) is 16.9. The van der Waals surface area contributed by atoms with Crippen LogP contribution < -0.4 is 9.62 Å². The molecular formula is C13H15BrN2O3S. The van der Waals surface area contributed by atoms with Crippen LogP contribution in [0.2, 0.25) is 0 Å². The van der Waals surface area contributed by atoms with E-state index >= 15 is 0 Å². The number of halogens is 1. The Bertz CT molecular complexity index is 643. The summed E-state index contributed by atoms with van der Waals surface area (Å²) in [5.41, 5.74) is 0.964. The SMILES string of the molecule is C=C(Br)CNC(=O)c1cccc(N2CCCS2(=O)=O)c1. The van der Waals surface area contributed by atoms with Gasteiger partial charge in [0.1, 0.15) is 0 Å². The van der Waals surface area contributed by atoms with E-state index in [1.165, 1.54) is 4.31 Å². The molecule has 108 valence electrons. The van der Waals surface area contributed by atoms with Gasteiger partial charge in [-0.25, -0.2) is 8.42 Å². The lowest BCUT2D eigenvalue weighted by Gasteiger charge is -2.17. The molecule has 7 heteroatoms. The first-order valence-corrected chi connectivity index (χ1v) is 8.52. The zero-order valence-electron chi connectivity index (χ0n) is 10.8. The lowest BCUT2D eigenvalue weighted by molar-refractivity contribution is 0.0958. The molecule has 2 rings (SSSR count). The minimum Gasteiger partial charge on any atom is -0.347 e. The van der Waals surface area contributed by atoms with Gasteiger partial charge in [-0.05, 0) is 24.6 Å². The van der Waals surface area contributed by atoms with Gasteiger partial charge in [-0.3, -0.25) is 9.10 Å². The number of nitrogens with zero attached hydrogens (tertiary/aromatic N) is 1. The average Bonchev–Trinajstić information content (AvgIpc) is 2.75. The van der Waals surface area contributed by atoms with Crippen molar-refractivity contribution < 1.29 is 13.2 Å². The van der Waals surface area contributed by atoms with E-state index in [-0.39, 0.29) is 11.7 Å². The fourth-order valence-corrected chi connectivity index (χ4v) is 3.71. The molecule has 0 aromatic heterocycles. The fourth-order valence-electron chi connectivity index (χ4n) is 2.01. The molecule has 0 spiro atoms. The fraction of sp³-hybridized carbons (Fsp3) is 0.308. The molecule has 1 saturated heterocycles. The van der Waals surface area contributed by atoms with Gasteiger partial charge in [-0.2, -0.15) is 0 Å². The van der Waals surface area contributed by atoms with Crippen LogP contribution in [-0.4, -0.2) is 33.2 Å². The predicted molar refractivity (Wildman–Crippen MR) is 82.6 cm³/mol. The van der Waals surface area contributed by atoms with Crippen LogP contribution in [0.1, 0.15) is 16.8 Å². The number of sulfonamides is 1. The van der Waals surface area contributed by atoms with Gasteiger partial charge in [-0.1, -0.05) is 28.6 Å². The number of hydrogen-bond acceptors (Lipinski definition) is 3. The summed E-state index contributed by atoms with van der Waals surface area (Å²) in [4.78, 5) is 11.9. The summed E-state index contributed by atoms with van der Waals surface area (Å²) < 4.78 is 25.8. The highest BCUT2D eigenvalue weighted by Gasteiger charge is 2.28. The Morgan fingerprint density at radius 2 is 2.20 bits per heavy atom. The summed E-state index contributed by atoms with van der Waals surface area (Å²) in [6.45, 7) is 4.42. The van der Waals surface area contributed by atoms with Crippen LogP contribution >= 0.6 is 15.9 Å². The Morgan fingerprint density at radius 3 is 2.80 bits per heavy atom. The van der Waals surface area contributed by atoms with Crippen molar-refractivity contribution >= 4 is 37.5 Å². The first-order chi connectivity index (χ1) is 9.40. The van der Waals surface area contributed by atoms with Crippen molar-refractivity contribution in [3.05, 3.63) is 40.9 Å². The van der Waals surface area contributed by atoms with Crippen LogP contribution in [0.25, 0.3) is 0 Å². The summed E-state index contributed by atoms with van der Waals surface area (Å²) in [5.74, 6) is -0.101. The van der Waals surface area contributed by atoms with Crippen molar-refractivity contribution in [2.75, 3.05) is 23.1 Å². The number of nitrogens with one attached hydrogen (secondary N) is 1. The minimum absolute atomic E-state index is 0.160. The average molecular weight is 359 g/mol. The van der Waals surface area contributed by atoms with Gasteiger partial charge in [-0.15, -0.1) is 0 Å². The second-order valence-electron chi connectivity index (χ2n) is 4.49. The van der Waals surface area contributed by atoms with Gasteiger partial charge in [0, 0.05) is 23.1 Å². The molecule has 1 amide bonds. The zero-order chi connectivity index (χ0) is 14.8. The van der Waals surface area contributed by atoms with Crippen molar-refractivity contribution in [3.8, 4) is 0 Å². The number of carbonyl (C=O) groups excluding carboxylic acids is 1. The Kier molecular flexibility index (Phi) is 4.49. The van der Waals surface area contributed by atoms with Crippen LogP contribution in [0, 0.1) is 0 Å². The molecule has 0 atom stereocenters. The maximum atomic E-state index is 11.9. The third-order valence-corrected chi connectivity index (χ3v) is 5.09. The molecule has 0 radical (unpaired) electrons. The van der Waals surface area contributed by atoms with Crippen molar-refractivity contribution in [1.82, 2.24) is 5.32 Å². The zero-order valence-corrected chi connectivity index (χ0v) is 13.2. The van der Waals surface area contributed by atoms with E-state index in [2.05, 4.69) is 27.8 Å². The van der Waals surface area contributed by atoms with E-state index in [0.29, 0.717) is 35.2 Å². The minimum atomic E-state index is -3.23. The number of amides is 1. The number of benzene rings is 1. The van der Waals surface area contributed by atoms with Gasteiger partial charge < -0.3 is 5.32 Å². The Hall–Kier alpha value is -1.34. The first-order valence-electron chi connectivity index (χ1n) is 6.12.